The molecule has 0 aliphatic heterocycles. The molecule has 2 N–H and O–H groups in total. The third-order valence-corrected chi connectivity index (χ3v) is 2.80. The van der Waals surface area contributed by atoms with Crippen molar-refractivity contribution >= 4 is 0 Å². The second-order valence-electron chi connectivity index (χ2n) is 4.42. The molecule has 0 heterocycles. The van der Waals surface area contributed by atoms with E-state index in [1.807, 2.05) is 26.0 Å². The third-order valence-electron chi connectivity index (χ3n) is 2.80. The number of phenols is 1. The minimum absolute atomic E-state index is 0.405. The van der Waals surface area contributed by atoms with Gasteiger partial charge in [-0.25, -0.2) is 0 Å². The molecule has 0 saturated heterocycles. The molecule has 1 aromatic carbocycles. The van der Waals surface area contributed by atoms with Crippen molar-refractivity contribution in [3.05, 3.63) is 28.8 Å². The topological polar surface area (TPSA) is 32.3 Å². The first kappa shape index (κ1) is 13.6. The summed E-state index contributed by atoms with van der Waals surface area (Å²) in [6.45, 7) is 5.69. The first-order chi connectivity index (χ1) is 8.15. The van der Waals surface area contributed by atoms with Gasteiger partial charge in [0, 0.05) is 13.0 Å². The van der Waals surface area contributed by atoms with Gasteiger partial charge in [0.15, 0.2) is 0 Å². The molecule has 0 aliphatic carbocycles. The smallest absolute Gasteiger partial charge is 0.121 e. The van der Waals surface area contributed by atoms with Crippen LogP contribution in [-0.2, 0) is 6.54 Å². The van der Waals surface area contributed by atoms with Crippen LogP contribution in [0.3, 0.4) is 0 Å². The summed E-state index contributed by atoms with van der Waals surface area (Å²) in [5, 5.41) is 13.0. The first-order valence-corrected chi connectivity index (χ1v) is 6.08. The molecule has 0 spiro atoms. The van der Waals surface area contributed by atoms with Gasteiger partial charge in [-0.15, -0.1) is 12.3 Å². The minimum atomic E-state index is 0.405. The number of rotatable bonds is 6. The zero-order valence-electron chi connectivity index (χ0n) is 10.7. The fourth-order valence-corrected chi connectivity index (χ4v) is 1.86. The van der Waals surface area contributed by atoms with Gasteiger partial charge in [-0.3, -0.25) is 0 Å². The van der Waals surface area contributed by atoms with Crippen LogP contribution in [0.2, 0.25) is 0 Å². The van der Waals surface area contributed by atoms with Gasteiger partial charge in [-0.1, -0.05) is 12.1 Å². The van der Waals surface area contributed by atoms with E-state index >= 15 is 0 Å². The lowest BCUT2D eigenvalue weighted by atomic mass is 10.1. The molecule has 2 heteroatoms. The van der Waals surface area contributed by atoms with E-state index < -0.39 is 0 Å². The number of aryl methyl sites for hydroxylation is 2. The Labute approximate surface area is 104 Å². The Balaban J connectivity index is 2.35. The molecular weight excluding hydrogens is 210 g/mol. The molecule has 0 fully saturated rings. The maximum atomic E-state index is 9.66. The number of terminal acetylenes is 1. The summed E-state index contributed by atoms with van der Waals surface area (Å²) < 4.78 is 0. The highest BCUT2D eigenvalue weighted by molar-refractivity contribution is 5.42. The van der Waals surface area contributed by atoms with Crippen LogP contribution in [0.5, 0.6) is 5.75 Å². The largest absolute Gasteiger partial charge is 0.507 e. The van der Waals surface area contributed by atoms with Gasteiger partial charge in [0.05, 0.1) is 0 Å². The summed E-state index contributed by atoms with van der Waals surface area (Å²) in [5.41, 5.74) is 3.10. The van der Waals surface area contributed by atoms with Crippen LogP contribution >= 0.6 is 0 Å². The molecule has 92 valence electrons. The average Bonchev–Trinajstić information content (AvgIpc) is 2.30. The van der Waals surface area contributed by atoms with Gasteiger partial charge in [0.2, 0.25) is 0 Å². The number of nitrogens with one attached hydrogen (secondary N) is 1. The van der Waals surface area contributed by atoms with Crippen molar-refractivity contribution in [1.29, 1.82) is 0 Å². The van der Waals surface area contributed by atoms with Gasteiger partial charge in [-0.05, 0) is 49.9 Å². The van der Waals surface area contributed by atoms with Crippen LogP contribution in [0.4, 0.5) is 0 Å². The summed E-state index contributed by atoms with van der Waals surface area (Å²) in [6.07, 6.45) is 8.24. The average molecular weight is 231 g/mol. The summed E-state index contributed by atoms with van der Waals surface area (Å²) in [5.74, 6) is 3.05. The fourth-order valence-electron chi connectivity index (χ4n) is 1.86. The highest BCUT2D eigenvalue weighted by Crippen LogP contribution is 2.22. The van der Waals surface area contributed by atoms with Crippen LogP contribution in [0.25, 0.3) is 0 Å². The lowest BCUT2D eigenvalue weighted by Crippen LogP contribution is -2.14. The Morgan fingerprint density at radius 3 is 2.47 bits per heavy atom. The van der Waals surface area contributed by atoms with Gasteiger partial charge >= 0.3 is 0 Å². The normalized spacial score (nSPS) is 10.2. The molecule has 0 unspecified atom stereocenters. The molecule has 1 aromatic rings. The second-order valence-corrected chi connectivity index (χ2v) is 4.42. The maximum absolute atomic E-state index is 9.66. The van der Waals surface area contributed by atoms with E-state index in [1.165, 1.54) is 5.56 Å². The van der Waals surface area contributed by atoms with E-state index in [2.05, 4.69) is 11.2 Å². The zero-order valence-corrected chi connectivity index (χ0v) is 10.7. The van der Waals surface area contributed by atoms with Crippen LogP contribution in [0.1, 0.15) is 36.0 Å². The van der Waals surface area contributed by atoms with E-state index in [-0.39, 0.29) is 0 Å². The number of aromatic hydroxyl groups is 1. The van der Waals surface area contributed by atoms with E-state index in [0.29, 0.717) is 5.75 Å². The first-order valence-electron chi connectivity index (χ1n) is 6.08. The minimum Gasteiger partial charge on any atom is -0.507 e. The third kappa shape index (κ3) is 4.50. The van der Waals surface area contributed by atoms with Gasteiger partial charge < -0.3 is 10.4 Å². The van der Waals surface area contributed by atoms with E-state index in [9.17, 15) is 5.11 Å². The Morgan fingerprint density at radius 2 is 1.88 bits per heavy atom. The van der Waals surface area contributed by atoms with Crippen molar-refractivity contribution in [2.24, 2.45) is 0 Å². The van der Waals surface area contributed by atoms with Crippen molar-refractivity contribution in [3.8, 4) is 18.1 Å². The van der Waals surface area contributed by atoms with Crippen LogP contribution in [-0.4, -0.2) is 11.7 Å². The summed E-state index contributed by atoms with van der Waals surface area (Å²) in [4.78, 5) is 0. The molecule has 0 atom stereocenters. The van der Waals surface area contributed by atoms with Crippen molar-refractivity contribution in [2.45, 2.75) is 39.7 Å². The van der Waals surface area contributed by atoms with E-state index in [1.54, 1.807) is 0 Å². The van der Waals surface area contributed by atoms with Crippen LogP contribution in [0, 0.1) is 26.2 Å². The number of unbranched alkanes of at least 4 members (excludes halogenated alkanes) is 2. The maximum Gasteiger partial charge on any atom is 0.121 e. The highest BCUT2D eigenvalue weighted by Gasteiger charge is 2.02. The van der Waals surface area contributed by atoms with E-state index in [0.717, 1.165) is 43.5 Å². The molecular formula is C15H21NO. The van der Waals surface area contributed by atoms with Crippen LogP contribution < -0.4 is 5.32 Å². The molecule has 1 rings (SSSR count). The Morgan fingerprint density at radius 1 is 1.24 bits per heavy atom. The van der Waals surface area contributed by atoms with Gasteiger partial charge in [0.25, 0.3) is 0 Å². The fraction of sp³-hybridized carbons (Fsp3) is 0.467. The lowest BCUT2D eigenvalue weighted by Gasteiger charge is -2.09. The number of phenolic OH excluding ortho intramolecular Hbond substituents is 1. The predicted octanol–water partition coefficient (Wildman–Crippen LogP) is 2.90. The number of hydrogen-bond donors (Lipinski definition) is 2. The Hall–Kier alpha value is -1.46. The zero-order chi connectivity index (χ0) is 12.7. The number of benzene rings is 1. The molecule has 2 nitrogen and oxygen atoms in total. The number of hydrogen-bond acceptors (Lipinski definition) is 2. The van der Waals surface area contributed by atoms with Crippen LogP contribution in [0.15, 0.2) is 12.1 Å². The molecule has 0 saturated carbocycles. The SMILES string of the molecule is C#CCCCCNCc1cc(C)c(O)c(C)c1. The van der Waals surface area contributed by atoms with Crippen molar-refractivity contribution in [3.63, 3.8) is 0 Å². The monoisotopic (exact) mass is 231 g/mol. The van der Waals surface area contributed by atoms with E-state index in [4.69, 9.17) is 6.42 Å². The highest BCUT2D eigenvalue weighted by atomic mass is 16.3. The van der Waals surface area contributed by atoms with Crippen molar-refractivity contribution < 1.29 is 5.11 Å². The summed E-state index contributed by atoms with van der Waals surface area (Å²) in [6, 6.07) is 4.05. The van der Waals surface area contributed by atoms with Crippen molar-refractivity contribution in [2.75, 3.05) is 6.54 Å². The lowest BCUT2D eigenvalue weighted by molar-refractivity contribution is 0.466. The summed E-state index contributed by atoms with van der Waals surface area (Å²) in [7, 11) is 0. The van der Waals surface area contributed by atoms with Crippen molar-refractivity contribution in [1.82, 2.24) is 5.32 Å². The molecule has 0 bridgehead atoms. The standard InChI is InChI=1S/C15H21NO/c1-4-5-6-7-8-16-11-14-9-12(2)15(17)13(3)10-14/h1,9-10,16-17H,5-8,11H2,2-3H3. The quantitative estimate of drug-likeness (QED) is 0.583. The predicted molar refractivity (Wildman–Crippen MR) is 72.0 cm³/mol. The molecule has 0 amide bonds. The molecule has 0 radical (unpaired) electrons. The molecule has 17 heavy (non-hydrogen) atoms. The Kier molecular flexibility index (Phi) is 5.59. The van der Waals surface area contributed by atoms with Gasteiger partial charge in [-0.2, -0.15) is 0 Å². The molecule has 0 aromatic heterocycles. The Bertz CT molecular complexity index is 381. The second kappa shape index (κ2) is 6.98. The molecule has 0 aliphatic rings. The summed E-state index contributed by atoms with van der Waals surface area (Å²) >= 11 is 0. The van der Waals surface area contributed by atoms with Gasteiger partial charge in [0.1, 0.15) is 5.75 Å².